The molecule has 0 aliphatic heterocycles. The van der Waals surface area contributed by atoms with Crippen LogP contribution in [0.5, 0.6) is 0 Å². The number of nitrogens with zero attached hydrogens (tertiary/aromatic N) is 1. The van der Waals surface area contributed by atoms with Crippen LogP contribution in [0.1, 0.15) is 21.7 Å². The van der Waals surface area contributed by atoms with Crippen molar-refractivity contribution in [1.29, 1.82) is 0 Å². The molecule has 0 unspecified atom stereocenters. The minimum absolute atomic E-state index is 0.519. The fourth-order valence-electron chi connectivity index (χ4n) is 0.810. The number of carbonyl (C=O) groups excluding carboxylic acids is 1. The van der Waals surface area contributed by atoms with Gasteiger partial charge in [-0.3, -0.25) is 4.79 Å². The van der Waals surface area contributed by atoms with Crippen LogP contribution in [0.15, 0.2) is 10.5 Å². The number of hydrogen-bond donors (Lipinski definition) is 0. The average molecular weight is 214 g/mol. The van der Waals surface area contributed by atoms with Crippen molar-refractivity contribution in [1.82, 2.24) is 4.98 Å². The molecule has 0 aliphatic rings. The maximum Gasteiger partial charge on any atom is 0.168 e. The van der Waals surface area contributed by atoms with Gasteiger partial charge in [-0.15, -0.1) is 0 Å². The Balaban J connectivity index is 3.31. The van der Waals surface area contributed by atoms with E-state index < -0.39 is 0 Å². The number of pyridine rings is 1. The number of hydrogen-bond acceptors (Lipinski definition) is 2. The van der Waals surface area contributed by atoms with Crippen molar-refractivity contribution >= 4 is 22.2 Å². The van der Waals surface area contributed by atoms with Crippen molar-refractivity contribution in [3.05, 3.63) is 27.5 Å². The van der Waals surface area contributed by atoms with Gasteiger partial charge in [0.15, 0.2) is 6.29 Å². The number of aryl methyl sites for hydroxylation is 2. The van der Waals surface area contributed by atoms with Crippen molar-refractivity contribution in [3.8, 4) is 0 Å². The number of rotatable bonds is 1. The lowest BCUT2D eigenvalue weighted by Crippen LogP contribution is -1.94. The summed E-state index contributed by atoms with van der Waals surface area (Å²) in [6.07, 6.45) is 0.773. The topological polar surface area (TPSA) is 30.0 Å². The van der Waals surface area contributed by atoms with E-state index in [0.717, 1.165) is 22.0 Å². The van der Waals surface area contributed by atoms with Gasteiger partial charge in [-0.05, 0) is 41.4 Å². The second kappa shape index (κ2) is 3.13. The van der Waals surface area contributed by atoms with Gasteiger partial charge in [0.2, 0.25) is 0 Å². The molecule has 0 atom stereocenters. The first-order valence-electron chi connectivity index (χ1n) is 3.24. The highest BCUT2D eigenvalue weighted by Crippen LogP contribution is 2.16. The third kappa shape index (κ3) is 1.66. The molecule has 0 saturated heterocycles. The van der Waals surface area contributed by atoms with E-state index in [1.165, 1.54) is 0 Å². The highest BCUT2D eigenvalue weighted by molar-refractivity contribution is 9.10. The van der Waals surface area contributed by atoms with Crippen LogP contribution >= 0.6 is 15.9 Å². The van der Waals surface area contributed by atoms with E-state index >= 15 is 0 Å². The third-order valence-electron chi connectivity index (χ3n) is 1.49. The minimum Gasteiger partial charge on any atom is -0.296 e. The molecule has 1 aromatic rings. The van der Waals surface area contributed by atoms with Crippen LogP contribution in [0, 0.1) is 13.8 Å². The molecule has 0 fully saturated rings. The van der Waals surface area contributed by atoms with Crippen molar-refractivity contribution < 1.29 is 4.79 Å². The van der Waals surface area contributed by atoms with Gasteiger partial charge >= 0.3 is 0 Å². The molecule has 1 rings (SSSR count). The number of aromatic nitrogens is 1. The van der Waals surface area contributed by atoms with Crippen LogP contribution in [0.2, 0.25) is 0 Å². The SMILES string of the molecule is Cc1cc(Br)c(C)nc1C=O. The number of aldehydes is 1. The Kier molecular flexibility index (Phi) is 2.39. The van der Waals surface area contributed by atoms with Gasteiger partial charge in [-0.2, -0.15) is 0 Å². The number of carbonyl (C=O) groups is 1. The molecular weight excluding hydrogens is 206 g/mol. The van der Waals surface area contributed by atoms with E-state index in [2.05, 4.69) is 20.9 Å². The molecule has 0 aromatic carbocycles. The summed E-state index contributed by atoms with van der Waals surface area (Å²) in [5, 5.41) is 0. The first kappa shape index (κ1) is 8.40. The molecule has 0 bridgehead atoms. The normalized spacial score (nSPS) is 9.73. The van der Waals surface area contributed by atoms with E-state index in [4.69, 9.17) is 0 Å². The molecule has 11 heavy (non-hydrogen) atoms. The molecule has 0 spiro atoms. The predicted octanol–water partition coefficient (Wildman–Crippen LogP) is 2.27. The van der Waals surface area contributed by atoms with E-state index in [1.54, 1.807) is 0 Å². The van der Waals surface area contributed by atoms with E-state index in [-0.39, 0.29) is 0 Å². The Morgan fingerprint density at radius 3 is 2.73 bits per heavy atom. The molecule has 0 amide bonds. The first-order valence-corrected chi connectivity index (χ1v) is 4.03. The maximum atomic E-state index is 10.4. The summed E-state index contributed by atoms with van der Waals surface area (Å²) in [5.74, 6) is 0. The van der Waals surface area contributed by atoms with Crippen LogP contribution in [-0.2, 0) is 0 Å². The van der Waals surface area contributed by atoms with Crippen LogP contribution in [0.3, 0.4) is 0 Å². The minimum atomic E-state index is 0.519. The van der Waals surface area contributed by atoms with Crippen molar-refractivity contribution in [2.24, 2.45) is 0 Å². The van der Waals surface area contributed by atoms with Crippen LogP contribution in [-0.4, -0.2) is 11.3 Å². The Labute approximate surface area is 73.8 Å². The predicted molar refractivity (Wildman–Crippen MR) is 46.8 cm³/mol. The van der Waals surface area contributed by atoms with Crippen LogP contribution in [0.4, 0.5) is 0 Å². The van der Waals surface area contributed by atoms with E-state index in [9.17, 15) is 4.79 Å². The zero-order valence-corrected chi connectivity index (χ0v) is 7.97. The summed E-state index contributed by atoms with van der Waals surface area (Å²) in [5.41, 5.74) is 2.26. The summed E-state index contributed by atoms with van der Waals surface area (Å²) in [6.45, 7) is 3.72. The summed E-state index contributed by atoms with van der Waals surface area (Å²) < 4.78 is 0.945. The zero-order valence-electron chi connectivity index (χ0n) is 6.39. The van der Waals surface area contributed by atoms with Gasteiger partial charge in [-0.1, -0.05) is 0 Å². The molecule has 3 heteroatoms. The Morgan fingerprint density at radius 2 is 2.18 bits per heavy atom. The maximum absolute atomic E-state index is 10.4. The van der Waals surface area contributed by atoms with Crippen molar-refractivity contribution in [2.45, 2.75) is 13.8 Å². The van der Waals surface area contributed by atoms with Crippen LogP contribution < -0.4 is 0 Å². The molecule has 0 saturated carbocycles. The molecule has 1 heterocycles. The Bertz CT molecular complexity index is 296. The van der Waals surface area contributed by atoms with Crippen LogP contribution in [0.25, 0.3) is 0 Å². The van der Waals surface area contributed by atoms with Gasteiger partial charge in [0.05, 0.1) is 5.69 Å². The second-order valence-electron chi connectivity index (χ2n) is 2.38. The molecule has 58 valence electrons. The third-order valence-corrected chi connectivity index (χ3v) is 2.30. The molecule has 1 aromatic heterocycles. The highest BCUT2D eigenvalue weighted by Gasteiger charge is 2.01. The number of halogens is 1. The lowest BCUT2D eigenvalue weighted by atomic mass is 10.2. The zero-order chi connectivity index (χ0) is 8.43. The summed E-state index contributed by atoms with van der Waals surface area (Å²) >= 11 is 3.33. The Morgan fingerprint density at radius 1 is 1.55 bits per heavy atom. The smallest absolute Gasteiger partial charge is 0.168 e. The van der Waals surface area contributed by atoms with Gasteiger partial charge in [-0.25, -0.2) is 4.98 Å². The van der Waals surface area contributed by atoms with E-state index in [0.29, 0.717) is 5.69 Å². The van der Waals surface area contributed by atoms with Gasteiger partial charge < -0.3 is 0 Å². The fraction of sp³-hybridized carbons (Fsp3) is 0.250. The van der Waals surface area contributed by atoms with Gasteiger partial charge in [0.1, 0.15) is 5.69 Å². The monoisotopic (exact) mass is 213 g/mol. The summed E-state index contributed by atoms with van der Waals surface area (Å²) in [6, 6.07) is 1.89. The molecule has 0 N–H and O–H groups in total. The molecular formula is C8H8BrNO. The lowest BCUT2D eigenvalue weighted by Gasteiger charge is -2.00. The second-order valence-corrected chi connectivity index (χ2v) is 3.23. The molecule has 0 radical (unpaired) electrons. The van der Waals surface area contributed by atoms with Crippen molar-refractivity contribution in [2.75, 3.05) is 0 Å². The van der Waals surface area contributed by atoms with Crippen molar-refractivity contribution in [3.63, 3.8) is 0 Å². The summed E-state index contributed by atoms with van der Waals surface area (Å²) in [7, 11) is 0. The quantitative estimate of drug-likeness (QED) is 0.671. The highest BCUT2D eigenvalue weighted by atomic mass is 79.9. The fourth-order valence-corrected chi connectivity index (χ4v) is 1.24. The Hall–Kier alpha value is -0.700. The molecule has 0 aliphatic carbocycles. The lowest BCUT2D eigenvalue weighted by molar-refractivity contribution is 0.111. The summed E-state index contributed by atoms with van der Waals surface area (Å²) in [4.78, 5) is 14.5. The first-order chi connectivity index (χ1) is 5.15. The van der Waals surface area contributed by atoms with Gasteiger partial charge in [0.25, 0.3) is 0 Å². The van der Waals surface area contributed by atoms with Gasteiger partial charge in [0, 0.05) is 4.47 Å². The molecule has 2 nitrogen and oxygen atoms in total. The van der Waals surface area contributed by atoms with E-state index in [1.807, 2.05) is 19.9 Å². The largest absolute Gasteiger partial charge is 0.296 e. The average Bonchev–Trinajstić information content (AvgIpc) is 1.97. The standard InChI is InChI=1S/C8H8BrNO/c1-5-3-7(9)6(2)10-8(5)4-11/h3-4H,1-2H3.